The number of rotatable bonds is 6. The predicted molar refractivity (Wildman–Crippen MR) is 121 cm³/mol. The molecule has 0 atom stereocenters. The van der Waals surface area contributed by atoms with Crippen molar-refractivity contribution in [2.45, 2.75) is 12.6 Å². The van der Waals surface area contributed by atoms with E-state index in [9.17, 15) is 27.6 Å². The van der Waals surface area contributed by atoms with Gasteiger partial charge in [-0.2, -0.15) is 13.2 Å². The van der Waals surface area contributed by atoms with Crippen molar-refractivity contribution in [2.75, 3.05) is 28.6 Å². The highest BCUT2D eigenvalue weighted by Gasteiger charge is 2.30. The maximum Gasteiger partial charge on any atom is 0.416 e. The molecule has 0 aliphatic carbocycles. The largest absolute Gasteiger partial charge is 0.416 e. The second kappa shape index (κ2) is 9.51. The first-order valence-corrected chi connectivity index (χ1v) is 11.0. The molecule has 8 nitrogen and oxygen atoms in total. The molecule has 0 radical (unpaired) electrons. The number of para-hydroxylation sites is 1. The molecule has 176 valence electrons. The Morgan fingerprint density at radius 1 is 1.12 bits per heavy atom. The van der Waals surface area contributed by atoms with Gasteiger partial charge in [-0.1, -0.05) is 18.2 Å². The molecule has 12 heteroatoms. The van der Waals surface area contributed by atoms with Crippen LogP contribution in [-0.4, -0.2) is 35.9 Å². The number of nitrogens with zero attached hydrogens (tertiary/aromatic N) is 2. The molecule has 0 unspecified atom stereocenters. The van der Waals surface area contributed by atoms with Crippen LogP contribution in [0.4, 0.5) is 34.5 Å². The zero-order valence-corrected chi connectivity index (χ0v) is 18.3. The lowest BCUT2D eigenvalue weighted by molar-refractivity contribution is -0.137. The van der Waals surface area contributed by atoms with Gasteiger partial charge in [-0.15, -0.1) is 11.3 Å². The fourth-order valence-electron chi connectivity index (χ4n) is 3.28. The Morgan fingerprint density at radius 3 is 2.65 bits per heavy atom. The van der Waals surface area contributed by atoms with E-state index in [1.54, 1.807) is 17.5 Å². The average molecular weight is 489 g/mol. The summed E-state index contributed by atoms with van der Waals surface area (Å²) in [4.78, 5) is 42.8. The van der Waals surface area contributed by atoms with E-state index in [0.29, 0.717) is 23.9 Å². The molecule has 1 aliphatic rings. The van der Waals surface area contributed by atoms with Crippen LogP contribution in [0.2, 0.25) is 0 Å². The van der Waals surface area contributed by atoms with Crippen LogP contribution in [0.15, 0.2) is 53.9 Å². The number of halogens is 3. The second-order valence-corrected chi connectivity index (χ2v) is 8.14. The highest BCUT2D eigenvalue weighted by atomic mass is 32.1. The average Bonchev–Trinajstić information content (AvgIpc) is 3.42. The van der Waals surface area contributed by atoms with Crippen molar-refractivity contribution in [3.05, 3.63) is 70.7 Å². The highest BCUT2D eigenvalue weighted by Crippen LogP contribution is 2.31. The zero-order valence-electron chi connectivity index (χ0n) is 17.5. The molecule has 3 aromatic rings. The first-order chi connectivity index (χ1) is 16.2. The van der Waals surface area contributed by atoms with Crippen molar-refractivity contribution in [1.82, 2.24) is 10.3 Å². The summed E-state index contributed by atoms with van der Waals surface area (Å²) in [5, 5.41) is 9.90. The summed E-state index contributed by atoms with van der Waals surface area (Å²) in [7, 11) is 0. The number of alkyl halides is 3. The molecule has 1 aliphatic heterocycles. The van der Waals surface area contributed by atoms with Crippen molar-refractivity contribution in [3.8, 4) is 0 Å². The maximum atomic E-state index is 12.9. The van der Waals surface area contributed by atoms with Gasteiger partial charge in [0.2, 0.25) is 5.91 Å². The Kier molecular flexibility index (Phi) is 6.50. The molecule has 1 saturated heterocycles. The van der Waals surface area contributed by atoms with Crippen LogP contribution in [-0.2, 0) is 17.4 Å². The fourth-order valence-corrected chi connectivity index (χ4v) is 4.13. The van der Waals surface area contributed by atoms with E-state index >= 15 is 0 Å². The Labute approximate surface area is 195 Å². The quantitative estimate of drug-likeness (QED) is 0.485. The van der Waals surface area contributed by atoms with Gasteiger partial charge in [-0.25, -0.2) is 9.78 Å². The highest BCUT2D eigenvalue weighted by molar-refractivity contribution is 7.14. The number of carbonyl (C=O) groups is 3. The molecule has 1 fully saturated rings. The molecule has 0 spiro atoms. The van der Waals surface area contributed by atoms with E-state index in [0.717, 1.165) is 12.1 Å². The van der Waals surface area contributed by atoms with Gasteiger partial charge in [0.15, 0.2) is 5.13 Å². The van der Waals surface area contributed by atoms with Crippen LogP contribution in [0, 0.1) is 0 Å². The summed E-state index contributed by atoms with van der Waals surface area (Å²) in [5.41, 5.74) is -0.168. The van der Waals surface area contributed by atoms with E-state index in [-0.39, 0.29) is 29.4 Å². The van der Waals surface area contributed by atoms with E-state index < -0.39 is 23.6 Å². The first kappa shape index (κ1) is 23.2. The summed E-state index contributed by atoms with van der Waals surface area (Å²) >= 11 is 1.24. The van der Waals surface area contributed by atoms with Gasteiger partial charge in [-0.3, -0.25) is 14.5 Å². The molecular formula is C22H18F3N5O3S. The monoisotopic (exact) mass is 489 g/mol. The molecule has 0 saturated carbocycles. The molecular weight excluding hydrogens is 471 g/mol. The predicted octanol–water partition coefficient (Wildman–Crippen LogP) is 4.13. The number of nitrogens with one attached hydrogen (secondary N) is 3. The number of aromatic nitrogens is 1. The van der Waals surface area contributed by atoms with Gasteiger partial charge in [0.1, 0.15) is 0 Å². The molecule has 3 N–H and O–H groups in total. The van der Waals surface area contributed by atoms with Crippen LogP contribution < -0.4 is 20.9 Å². The Balaban J connectivity index is 1.43. The fraction of sp³-hybridized carbons (Fsp3) is 0.182. The molecule has 4 rings (SSSR count). The number of benzene rings is 2. The minimum absolute atomic E-state index is 0.0260. The van der Waals surface area contributed by atoms with Gasteiger partial charge in [0, 0.05) is 24.2 Å². The van der Waals surface area contributed by atoms with Crippen LogP contribution in [0.3, 0.4) is 0 Å². The zero-order chi connectivity index (χ0) is 24.3. The van der Waals surface area contributed by atoms with Gasteiger partial charge >= 0.3 is 12.2 Å². The molecule has 34 heavy (non-hydrogen) atoms. The van der Waals surface area contributed by atoms with Crippen molar-refractivity contribution < 1.29 is 27.6 Å². The van der Waals surface area contributed by atoms with E-state index in [1.807, 2.05) is 0 Å². The van der Waals surface area contributed by atoms with Crippen LogP contribution >= 0.6 is 11.3 Å². The normalized spacial score (nSPS) is 13.5. The topological polar surface area (TPSA) is 103 Å². The maximum absolute atomic E-state index is 12.9. The number of urea groups is 1. The third-order valence-electron chi connectivity index (χ3n) is 4.86. The van der Waals surface area contributed by atoms with E-state index in [2.05, 4.69) is 20.9 Å². The number of carbonyl (C=O) groups excluding carboxylic acids is 3. The number of anilines is 3. The lowest BCUT2D eigenvalue weighted by atomic mass is 10.1. The Bertz CT molecular complexity index is 1240. The minimum Gasteiger partial charge on any atom is -0.336 e. The molecule has 4 amide bonds. The van der Waals surface area contributed by atoms with Crippen LogP contribution in [0.1, 0.15) is 21.6 Å². The second-order valence-electron chi connectivity index (χ2n) is 7.31. The lowest BCUT2D eigenvalue weighted by Gasteiger charge is -2.13. The Hall–Kier alpha value is -3.93. The Morgan fingerprint density at radius 2 is 1.91 bits per heavy atom. The van der Waals surface area contributed by atoms with Crippen molar-refractivity contribution in [2.24, 2.45) is 0 Å². The summed E-state index contributed by atoms with van der Waals surface area (Å²) in [6.45, 7) is 1.01. The summed E-state index contributed by atoms with van der Waals surface area (Å²) < 4.78 is 38.8. The number of hydrogen-bond acceptors (Lipinski definition) is 5. The number of hydrogen-bond donors (Lipinski definition) is 3. The van der Waals surface area contributed by atoms with Gasteiger partial charge in [0.05, 0.1) is 28.9 Å². The van der Waals surface area contributed by atoms with Crippen molar-refractivity contribution in [3.63, 3.8) is 0 Å². The van der Waals surface area contributed by atoms with E-state index in [1.165, 1.54) is 40.5 Å². The summed E-state index contributed by atoms with van der Waals surface area (Å²) in [6.07, 6.45) is -4.63. The third-order valence-corrected chi connectivity index (χ3v) is 5.77. The van der Waals surface area contributed by atoms with Crippen molar-refractivity contribution >= 4 is 45.7 Å². The third kappa shape index (κ3) is 5.34. The van der Waals surface area contributed by atoms with Gasteiger partial charge < -0.3 is 16.0 Å². The SMILES string of the molecule is O=C(Cc1csc(N2CCNC2=O)n1)Nc1ccccc1C(=O)Nc1cccc(C(F)(F)F)c1. The van der Waals surface area contributed by atoms with Crippen molar-refractivity contribution in [1.29, 1.82) is 0 Å². The standard InChI is InChI=1S/C22H18F3N5O3S/c23-22(24,25)13-4-3-5-14(10-13)27-19(32)16-6-1-2-7-17(16)29-18(31)11-15-12-34-21(28-15)30-9-8-26-20(30)33/h1-7,10,12H,8-9,11H2,(H,26,33)(H,27,32)(H,29,31). The minimum atomic E-state index is -4.54. The first-order valence-electron chi connectivity index (χ1n) is 10.1. The summed E-state index contributed by atoms with van der Waals surface area (Å²) in [6, 6.07) is 10.2. The van der Waals surface area contributed by atoms with Crippen LogP contribution in [0.25, 0.3) is 0 Å². The smallest absolute Gasteiger partial charge is 0.336 e. The number of thiazole rings is 1. The molecule has 0 bridgehead atoms. The molecule has 1 aromatic heterocycles. The van der Waals surface area contributed by atoms with Gasteiger partial charge in [-0.05, 0) is 30.3 Å². The summed E-state index contributed by atoms with van der Waals surface area (Å²) in [5.74, 6) is -1.12. The lowest BCUT2D eigenvalue weighted by Crippen LogP contribution is -2.27. The van der Waals surface area contributed by atoms with Crippen LogP contribution in [0.5, 0.6) is 0 Å². The molecule has 2 aromatic carbocycles. The number of amides is 4. The van der Waals surface area contributed by atoms with Gasteiger partial charge in [0.25, 0.3) is 5.91 Å². The van der Waals surface area contributed by atoms with E-state index in [4.69, 9.17) is 0 Å². The molecule has 2 heterocycles.